The first kappa shape index (κ1) is 14.0. The number of nitrogens with one attached hydrogen (secondary N) is 1. The summed E-state index contributed by atoms with van der Waals surface area (Å²) in [7, 11) is 0. The Bertz CT molecular complexity index is 808. The molecule has 0 fully saturated rings. The summed E-state index contributed by atoms with van der Waals surface area (Å²) < 4.78 is 6.34. The number of carbonyl (C=O) groups is 1. The molecule has 2 aromatic heterocycles. The van der Waals surface area contributed by atoms with Crippen LogP contribution < -0.4 is 16.8 Å². The van der Waals surface area contributed by atoms with Crippen molar-refractivity contribution >= 4 is 22.8 Å². The lowest BCUT2D eigenvalue weighted by atomic mass is 10.3. The molecule has 0 unspecified atom stereocenters. The van der Waals surface area contributed by atoms with E-state index in [9.17, 15) is 4.79 Å². The Morgan fingerprint density at radius 2 is 2.14 bits per heavy atom. The van der Waals surface area contributed by atoms with E-state index in [1.807, 2.05) is 24.3 Å². The third-order valence-electron chi connectivity index (χ3n) is 3.15. The molecule has 5 N–H and O–H groups in total. The molecule has 9 heteroatoms. The smallest absolute Gasteiger partial charge is 0.240 e. The number of imidazole rings is 1. The van der Waals surface area contributed by atoms with Gasteiger partial charge in [-0.2, -0.15) is 0 Å². The number of para-hydroxylation sites is 2. The minimum atomic E-state index is -0.176. The Kier molecular flexibility index (Phi) is 3.71. The van der Waals surface area contributed by atoms with E-state index < -0.39 is 0 Å². The van der Waals surface area contributed by atoms with Crippen LogP contribution in [0.5, 0.6) is 0 Å². The highest BCUT2D eigenvalue weighted by Gasteiger charge is 2.20. The molecule has 0 aliphatic carbocycles. The molecular weight excluding hydrogens is 286 g/mol. The maximum absolute atomic E-state index is 12.0. The molecule has 0 saturated heterocycles. The maximum Gasteiger partial charge on any atom is 0.240 e. The molecule has 114 valence electrons. The highest BCUT2D eigenvalue weighted by atomic mass is 16.6. The number of carbonyl (C=O) groups excluding carboxylic acids is 1. The molecule has 2 heterocycles. The van der Waals surface area contributed by atoms with Crippen molar-refractivity contribution in [1.82, 2.24) is 25.2 Å². The molecule has 1 aromatic carbocycles. The van der Waals surface area contributed by atoms with Crippen LogP contribution in [-0.4, -0.2) is 38.9 Å². The monoisotopic (exact) mass is 301 g/mol. The van der Waals surface area contributed by atoms with E-state index in [4.69, 9.17) is 11.5 Å². The number of aromatic nitrogens is 4. The second-order valence-electron chi connectivity index (χ2n) is 4.65. The van der Waals surface area contributed by atoms with E-state index >= 15 is 0 Å². The number of fused-ring (bicyclic) bond motifs is 1. The summed E-state index contributed by atoms with van der Waals surface area (Å²) in [6, 6.07) is 7.44. The van der Waals surface area contributed by atoms with Crippen molar-refractivity contribution in [3.05, 3.63) is 24.3 Å². The van der Waals surface area contributed by atoms with Crippen molar-refractivity contribution in [2.45, 2.75) is 6.54 Å². The second kappa shape index (κ2) is 5.82. The van der Waals surface area contributed by atoms with Crippen molar-refractivity contribution in [3.63, 3.8) is 0 Å². The van der Waals surface area contributed by atoms with Crippen LogP contribution in [0.15, 0.2) is 28.9 Å². The number of rotatable bonds is 5. The van der Waals surface area contributed by atoms with E-state index in [1.54, 1.807) is 4.57 Å². The van der Waals surface area contributed by atoms with Crippen LogP contribution >= 0.6 is 0 Å². The predicted octanol–water partition coefficient (Wildman–Crippen LogP) is -0.257. The largest absolute Gasteiger partial charge is 0.379 e. The van der Waals surface area contributed by atoms with E-state index in [0.29, 0.717) is 24.6 Å². The Morgan fingerprint density at radius 3 is 2.86 bits per heavy atom. The molecule has 0 aliphatic heterocycles. The van der Waals surface area contributed by atoms with Gasteiger partial charge in [0.2, 0.25) is 5.91 Å². The lowest BCUT2D eigenvalue weighted by Crippen LogP contribution is -2.32. The fourth-order valence-corrected chi connectivity index (χ4v) is 2.18. The van der Waals surface area contributed by atoms with Gasteiger partial charge in [0.05, 0.1) is 11.0 Å². The molecule has 0 bridgehead atoms. The molecule has 22 heavy (non-hydrogen) atoms. The lowest BCUT2D eigenvalue weighted by molar-refractivity contribution is -0.121. The molecule has 0 spiro atoms. The van der Waals surface area contributed by atoms with Gasteiger partial charge < -0.3 is 21.4 Å². The number of benzene rings is 1. The maximum atomic E-state index is 12.0. The summed E-state index contributed by atoms with van der Waals surface area (Å²) in [6.07, 6.45) is 0. The number of nitrogen functional groups attached to an aromatic ring is 1. The van der Waals surface area contributed by atoms with E-state index in [-0.39, 0.29) is 18.3 Å². The Labute approximate surface area is 125 Å². The fourth-order valence-electron chi connectivity index (χ4n) is 2.18. The molecule has 0 atom stereocenters. The van der Waals surface area contributed by atoms with E-state index in [1.165, 1.54) is 0 Å². The normalized spacial score (nSPS) is 11.0. The zero-order valence-corrected chi connectivity index (χ0v) is 11.7. The number of nitrogens with zero attached hydrogens (tertiary/aromatic N) is 4. The van der Waals surface area contributed by atoms with Crippen LogP contribution in [0.3, 0.4) is 0 Å². The molecule has 1 amide bonds. The number of amides is 1. The highest BCUT2D eigenvalue weighted by molar-refractivity contribution is 5.85. The third kappa shape index (κ3) is 2.49. The molecule has 0 saturated carbocycles. The van der Waals surface area contributed by atoms with Crippen LogP contribution in [-0.2, 0) is 11.3 Å². The van der Waals surface area contributed by atoms with Gasteiger partial charge >= 0.3 is 0 Å². The average molecular weight is 301 g/mol. The topological polar surface area (TPSA) is 138 Å². The minimum Gasteiger partial charge on any atom is -0.379 e. The van der Waals surface area contributed by atoms with Crippen LogP contribution in [0.1, 0.15) is 0 Å². The Morgan fingerprint density at radius 1 is 1.32 bits per heavy atom. The van der Waals surface area contributed by atoms with E-state index in [0.717, 1.165) is 11.0 Å². The van der Waals surface area contributed by atoms with Gasteiger partial charge in [-0.05, 0) is 22.4 Å². The second-order valence-corrected chi connectivity index (χ2v) is 4.65. The minimum absolute atomic E-state index is 0.0716. The summed E-state index contributed by atoms with van der Waals surface area (Å²) in [5, 5.41) is 10.0. The van der Waals surface area contributed by atoms with Gasteiger partial charge in [0.1, 0.15) is 6.54 Å². The summed E-state index contributed by atoms with van der Waals surface area (Å²) in [4.78, 5) is 16.5. The van der Waals surface area contributed by atoms with Crippen LogP contribution in [0.25, 0.3) is 22.6 Å². The Hall–Kier alpha value is -2.94. The molecule has 0 aliphatic rings. The first-order valence-corrected chi connectivity index (χ1v) is 6.71. The number of nitrogens with two attached hydrogens (primary N) is 2. The first-order chi connectivity index (χ1) is 10.7. The van der Waals surface area contributed by atoms with Crippen molar-refractivity contribution < 1.29 is 9.42 Å². The van der Waals surface area contributed by atoms with Gasteiger partial charge in [0.15, 0.2) is 17.3 Å². The first-order valence-electron chi connectivity index (χ1n) is 6.71. The third-order valence-corrected chi connectivity index (χ3v) is 3.15. The zero-order chi connectivity index (χ0) is 15.5. The van der Waals surface area contributed by atoms with Crippen LogP contribution in [0.4, 0.5) is 5.82 Å². The van der Waals surface area contributed by atoms with Gasteiger partial charge in [-0.25, -0.2) is 9.61 Å². The summed E-state index contributed by atoms with van der Waals surface area (Å²) in [5.41, 5.74) is 13.0. The van der Waals surface area contributed by atoms with Crippen molar-refractivity contribution in [1.29, 1.82) is 0 Å². The molecule has 3 aromatic rings. The zero-order valence-electron chi connectivity index (χ0n) is 11.7. The predicted molar refractivity (Wildman–Crippen MR) is 79.5 cm³/mol. The van der Waals surface area contributed by atoms with Crippen molar-refractivity contribution in [2.24, 2.45) is 5.73 Å². The van der Waals surface area contributed by atoms with Crippen LogP contribution in [0, 0.1) is 0 Å². The fraction of sp³-hybridized carbons (Fsp3) is 0.231. The average Bonchev–Trinajstić information content (AvgIpc) is 3.09. The summed E-state index contributed by atoms with van der Waals surface area (Å²) in [5.74, 6) is 0.381. The van der Waals surface area contributed by atoms with Gasteiger partial charge in [-0.3, -0.25) is 4.79 Å². The van der Waals surface area contributed by atoms with Gasteiger partial charge in [0.25, 0.3) is 0 Å². The molecule has 3 rings (SSSR count). The Balaban J connectivity index is 2.06. The van der Waals surface area contributed by atoms with E-state index in [2.05, 4.69) is 25.2 Å². The molecule has 0 radical (unpaired) electrons. The molecular formula is C13H15N7O2. The highest BCUT2D eigenvalue weighted by Crippen LogP contribution is 2.26. The number of hydrogen-bond acceptors (Lipinski definition) is 7. The van der Waals surface area contributed by atoms with Gasteiger partial charge in [-0.15, -0.1) is 0 Å². The van der Waals surface area contributed by atoms with Crippen molar-refractivity contribution in [2.75, 3.05) is 18.8 Å². The van der Waals surface area contributed by atoms with Crippen LogP contribution in [0.2, 0.25) is 0 Å². The summed E-state index contributed by atoms with van der Waals surface area (Å²) in [6.45, 7) is 0.861. The van der Waals surface area contributed by atoms with Gasteiger partial charge in [0, 0.05) is 13.1 Å². The SMILES string of the molecule is NCCNC(=O)Cn1c(-c2nonc2N)nc2ccccc21. The number of anilines is 1. The number of hydrogen-bond donors (Lipinski definition) is 3. The van der Waals surface area contributed by atoms with Gasteiger partial charge in [-0.1, -0.05) is 12.1 Å². The molecule has 9 nitrogen and oxygen atoms in total. The quantitative estimate of drug-likeness (QED) is 0.590. The van der Waals surface area contributed by atoms with Crippen molar-refractivity contribution in [3.8, 4) is 11.5 Å². The summed E-state index contributed by atoms with van der Waals surface area (Å²) >= 11 is 0. The standard InChI is InChI=1S/C13H15N7O2/c14-5-6-16-10(21)7-20-9-4-2-1-3-8(9)17-13(20)11-12(15)19-22-18-11/h1-4H,5-7,14H2,(H2,15,19)(H,16,21). The lowest BCUT2D eigenvalue weighted by Gasteiger charge is -2.08.